The molecule has 2 saturated heterocycles. The topological polar surface area (TPSA) is 23.5 Å². The van der Waals surface area contributed by atoms with E-state index in [1.807, 2.05) is 0 Å². The van der Waals surface area contributed by atoms with Crippen LogP contribution in [0.25, 0.3) is 0 Å². The Bertz CT molecular complexity index is 153. The molecule has 2 heterocycles. The van der Waals surface area contributed by atoms with Crippen LogP contribution in [-0.2, 0) is 0 Å². The number of aliphatic hydroxyl groups excluding tert-OH is 1. The SMILES string of the molecule is C=CC(O)N1C[C@H]2C[C@@H](C1)C2. The van der Waals surface area contributed by atoms with Crippen LogP contribution in [-0.4, -0.2) is 29.3 Å². The Balaban J connectivity index is 1.91. The average molecular weight is 153 g/mol. The zero-order valence-corrected chi connectivity index (χ0v) is 6.74. The van der Waals surface area contributed by atoms with Crippen molar-refractivity contribution in [2.75, 3.05) is 13.1 Å². The van der Waals surface area contributed by atoms with Crippen molar-refractivity contribution in [3.8, 4) is 0 Å². The van der Waals surface area contributed by atoms with Crippen LogP contribution in [0.1, 0.15) is 12.8 Å². The summed E-state index contributed by atoms with van der Waals surface area (Å²) >= 11 is 0. The molecule has 0 spiro atoms. The second-order valence-corrected chi connectivity index (χ2v) is 3.81. The molecule has 1 N–H and O–H groups in total. The van der Waals surface area contributed by atoms with Crippen LogP contribution in [0.5, 0.6) is 0 Å². The summed E-state index contributed by atoms with van der Waals surface area (Å²) in [5.41, 5.74) is 0. The summed E-state index contributed by atoms with van der Waals surface area (Å²) < 4.78 is 0. The monoisotopic (exact) mass is 153 g/mol. The number of hydrogen-bond donors (Lipinski definition) is 1. The van der Waals surface area contributed by atoms with Crippen molar-refractivity contribution >= 4 is 0 Å². The maximum atomic E-state index is 9.43. The van der Waals surface area contributed by atoms with Crippen molar-refractivity contribution in [1.82, 2.24) is 4.90 Å². The molecule has 11 heavy (non-hydrogen) atoms. The summed E-state index contributed by atoms with van der Waals surface area (Å²) in [6, 6.07) is 0. The molecule has 1 aliphatic carbocycles. The van der Waals surface area contributed by atoms with Crippen LogP contribution in [0.4, 0.5) is 0 Å². The van der Waals surface area contributed by atoms with E-state index in [0.29, 0.717) is 0 Å². The van der Waals surface area contributed by atoms with E-state index < -0.39 is 6.23 Å². The zero-order chi connectivity index (χ0) is 7.84. The second kappa shape index (κ2) is 2.61. The van der Waals surface area contributed by atoms with Gasteiger partial charge in [0, 0.05) is 13.1 Å². The Morgan fingerprint density at radius 2 is 1.91 bits per heavy atom. The van der Waals surface area contributed by atoms with E-state index in [2.05, 4.69) is 11.5 Å². The lowest BCUT2D eigenvalue weighted by Gasteiger charge is -2.48. The van der Waals surface area contributed by atoms with E-state index >= 15 is 0 Å². The van der Waals surface area contributed by atoms with E-state index in [0.717, 1.165) is 24.9 Å². The van der Waals surface area contributed by atoms with Gasteiger partial charge in [0.1, 0.15) is 6.23 Å². The van der Waals surface area contributed by atoms with Crippen LogP contribution < -0.4 is 0 Å². The minimum atomic E-state index is -0.402. The third-order valence-electron chi connectivity index (χ3n) is 2.90. The molecule has 2 heteroatoms. The van der Waals surface area contributed by atoms with Crippen LogP contribution in [0.2, 0.25) is 0 Å². The Kier molecular flexibility index (Phi) is 1.74. The first-order valence-corrected chi connectivity index (χ1v) is 4.34. The highest BCUT2D eigenvalue weighted by atomic mass is 16.3. The van der Waals surface area contributed by atoms with E-state index in [4.69, 9.17) is 0 Å². The molecule has 1 atom stereocenters. The van der Waals surface area contributed by atoms with Gasteiger partial charge in [0.15, 0.2) is 0 Å². The summed E-state index contributed by atoms with van der Waals surface area (Å²) in [6.45, 7) is 5.73. The number of hydrogen-bond acceptors (Lipinski definition) is 2. The highest BCUT2D eigenvalue weighted by Crippen LogP contribution is 2.39. The molecule has 1 saturated carbocycles. The van der Waals surface area contributed by atoms with Gasteiger partial charge in [-0.2, -0.15) is 0 Å². The first kappa shape index (κ1) is 7.32. The van der Waals surface area contributed by atoms with Crippen LogP contribution in [0, 0.1) is 11.8 Å². The van der Waals surface area contributed by atoms with Crippen molar-refractivity contribution in [3.05, 3.63) is 12.7 Å². The number of rotatable bonds is 2. The second-order valence-electron chi connectivity index (χ2n) is 3.81. The molecule has 0 aromatic carbocycles. The summed E-state index contributed by atoms with van der Waals surface area (Å²) in [5.74, 6) is 1.73. The summed E-state index contributed by atoms with van der Waals surface area (Å²) in [7, 11) is 0. The van der Waals surface area contributed by atoms with E-state index in [1.54, 1.807) is 6.08 Å². The lowest BCUT2D eigenvalue weighted by Crippen LogP contribution is -2.51. The van der Waals surface area contributed by atoms with Gasteiger partial charge in [0.2, 0.25) is 0 Å². The van der Waals surface area contributed by atoms with Gasteiger partial charge < -0.3 is 5.11 Å². The molecular formula is C9H15NO. The normalized spacial score (nSPS) is 39.4. The lowest BCUT2D eigenvalue weighted by molar-refractivity contribution is -0.0542. The average Bonchev–Trinajstić information content (AvgIpc) is 2.02. The van der Waals surface area contributed by atoms with Gasteiger partial charge in [-0.05, 0) is 30.8 Å². The highest BCUT2D eigenvalue weighted by Gasteiger charge is 2.38. The molecule has 0 amide bonds. The number of piperidine rings is 2. The van der Waals surface area contributed by atoms with Crippen molar-refractivity contribution in [1.29, 1.82) is 0 Å². The fourth-order valence-electron chi connectivity index (χ4n) is 2.27. The van der Waals surface area contributed by atoms with Gasteiger partial charge in [0.25, 0.3) is 0 Å². The van der Waals surface area contributed by atoms with E-state index in [9.17, 15) is 5.11 Å². The maximum absolute atomic E-state index is 9.43. The molecule has 2 bridgehead atoms. The Labute approximate surface area is 67.5 Å². The molecule has 3 aliphatic rings. The predicted octanol–water partition coefficient (Wildman–Crippen LogP) is 0.833. The molecule has 3 fully saturated rings. The van der Waals surface area contributed by atoms with Crippen molar-refractivity contribution < 1.29 is 5.11 Å². The molecule has 1 unspecified atom stereocenters. The van der Waals surface area contributed by atoms with Crippen molar-refractivity contribution in [2.45, 2.75) is 19.1 Å². The fourth-order valence-corrected chi connectivity index (χ4v) is 2.27. The molecule has 0 radical (unpaired) electrons. The van der Waals surface area contributed by atoms with Gasteiger partial charge >= 0.3 is 0 Å². The van der Waals surface area contributed by atoms with Gasteiger partial charge in [-0.1, -0.05) is 6.58 Å². The number of fused-ring (bicyclic) bond motifs is 2. The molecule has 0 aromatic rings. The summed E-state index contributed by atoms with van der Waals surface area (Å²) in [5, 5.41) is 9.43. The summed E-state index contributed by atoms with van der Waals surface area (Å²) in [6.07, 6.45) is 3.99. The van der Waals surface area contributed by atoms with Gasteiger partial charge in [-0.15, -0.1) is 0 Å². The zero-order valence-electron chi connectivity index (χ0n) is 6.74. The van der Waals surface area contributed by atoms with E-state index in [1.165, 1.54) is 12.8 Å². The standard InChI is InChI=1S/C9H15NO/c1-2-9(11)10-5-7-3-8(4-7)6-10/h2,7-9,11H,1,3-6H2/t7-,8+,9?. The molecular weight excluding hydrogens is 138 g/mol. The van der Waals surface area contributed by atoms with Crippen LogP contribution >= 0.6 is 0 Å². The van der Waals surface area contributed by atoms with Gasteiger partial charge in [-0.25, -0.2) is 0 Å². The van der Waals surface area contributed by atoms with Crippen molar-refractivity contribution in [2.24, 2.45) is 11.8 Å². The summed E-state index contributed by atoms with van der Waals surface area (Å²) in [4.78, 5) is 2.12. The number of aliphatic hydroxyl groups is 1. The smallest absolute Gasteiger partial charge is 0.126 e. The third kappa shape index (κ3) is 1.21. The molecule has 2 aliphatic heterocycles. The quantitative estimate of drug-likeness (QED) is 0.594. The molecule has 0 aromatic heterocycles. The molecule has 62 valence electrons. The minimum absolute atomic E-state index is 0.402. The van der Waals surface area contributed by atoms with Gasteiger partial charge in [0.05, 0.1) is 0 Å². The molecule has 3 rings (SSSR count). The van der Waals surface area contributed by atoms with Gasteiger partial charge in [-0.3, -0.25) is 4.90 Å². The third-order valence-corrected chi connectivity index (χ3v) is 2.90. The first-order valence-electron chi connectivity index (χ1n) is 4.34. The minimum Gasteiger partial charge on any atom is -0.375 e. The Morgan fingerprint density at radius 3 is 2.36 bits per heavy atom. The van der Waals surface area contributed by atoms with Crippen LogP contribution in [0.15, 0.2) is 12.7 Å². The fraction of sp³-hybridized carbons (Fsp3) is 0.778. The number of nitrogens with zero attached hydrogens (tertiary/aromatic N) is 1. The van der Waals surface area contributed by atoms with Crippen LogP contribution in [0.3, 0.4) is 0 Å². The largest absolute Gasteiger partial charge is 0.375 e. The molecule has 2 nitrogen and oxygen atoms in total. The lowest BCUT2D eigenvalue weighted by atomic mass is 9.71. The van der Waals surface area contributed by atoms with Crippen molar-refractivity contribution in [3.63, 3.8) is 0 Å². The first-order chi connectivity index (χ1) is 5.29. The van der Waals surface area contributed by atoms with E-state index in [-0.39, 0.29) is 0 Å². The Morgan fingerprint density at radius 1 is 1.36 bits per heavy atom. The predicted molar refractivity (Wildman–Crippen MR) is 44.0 cm³/mol. The maximum Gasteiger partial charge on any atom is 0.126 e. The Hall–Kier alpha value is -0.340. The highest BCUT2D eigenvalue weighted by molar-refractivity contribution is 4.93.